The van der Waals surface area contributed by atoms with Gasteiger partial charge >= 0.3 is 0 Å². The van der Waals surface area contributed by atoms with Gasteiger partial charge in [0.15, 0.2) is 0 Å². The van der Waals surface area contributed by atoms with Crippen LogP contribution in [0.5, 0.6) is 0 Å². The molecule has 6 heteroatoms. The molecule has 0 heterocycles. The number of carbonyl (C=O) groups excluding carboxylic acids is 1. The van der Waals surface area contributed by atoms with E-state index >= 15 is 0 Å². The van der Waals surface area contributed by atoms with Crippen molar-refractivity contribution in [3.63, 3.8) is 0 Å². The van der Waals surface area contributed by atoms with Crippen molar-refractivity contribution in [3.05, 3.63) is 66.2 Å². The highest BCUT2D eigenvalue weighted by molar-refractivity contribution is 7.89. The van der Waals surface area contributed by atoms with Gasteiger partial charge in [-0.05, 0) is 79.8 Å². The summed E-state index contributed by atoms with van der Waals surface area (Å²) in [5, 5.41) is 2.75. The van der Waals surface area contributed by atoms with Crippen LogP contribution >= 0.6 is 0 Å². The lowest BCUT2D eigenvalue weighted by atomic mass is 9.84. The van der Waals surface area contributed by atoms with E-state index in [1.165, 1.54) is 37.5 Å². The molecule has 0 radical (unpaired) electrons. The summed E-state index contributed by atoms with van der Waals surface area (Å²) in [6, 6.07) is 15.8. The Morgan fingerprint density at radius 3 is 2.40 bits per heavy atom. The van der Waals surface area contributed by atoms with Crippen molar-refractivity contribution < 1.29 is 13.2 Å². The van der Waals surface area contributed by atoms with E-state index in [9.17, 15) is 13.2 Å². The highest BCUT2D eigenvalue weighted by atomic mass is 32.2. The van der Waals surface area contributed by atoms with Crippen LogP contribution in [0.3, 0.4) is 0 Å². The van der Waals surface area contributed by atoms with Crippen LogP contribution in [0.15, 0.2) is 65.6 Å². The molecule has 0 unspecified atom stereocenters. The van der Waals surface area contributed by atoms with Gasteiger partial charge < -0.3 is 5.32 Å². The summed E-state index contributed by atoms with van der Waals surface area (Å²) in [5.74, 6) is 1.62. The van der Waals surface area contributed by atoms with Gasteiger partial charge in [-0.25, -0.2) is 13.1 Å². The van der Waals surface area contributed by atoms with Crippen molar-refractivity contribution in [2.24, 2.45) is 17.8 Å². The Labute approximate surface area is 178 Å². The summed E-state index contributed by atoms with van der Waals surface area (Å²) in [6.45, 7) is 1.98. The van der Waals surface area contributed by atoms with Crippen molar-refractivity contribution in [1.82, 2.24) is 4.72 Å². The summed E-state index contributed by atoms with van der Waals surface area (Å²) in [4.78, 5) is 12.3. The molecule has 0 aliphatic heterocycles. The van der Waals surface area contributed by atoms with Crippen LogP contribution in [0.4, 0.5) is 5.69 Å². The molecular weight excluding hydrogens is 396 g/mol. The zero-order valence-electron chi connectivity index (χ0n) is 17.1. The monoisotopic (exact) mass is 424 g/mol. The summed E-state index contributed by atoms with van der Waals surface area (Å²) in [6.07, 6.45) is 8.11. The van der Waals surface area contributed by atoms with Gasteiger partial charge in [0.2, 0.25) is 15.9 Å². The number of amides is 1. The molecule has 0 spiro atoms. The maximum absolute atomic E-state index is 12.8. The Bertz CT molecular complexity index is 1020. The number of hydrogen-bond acceptors (Lipinski definition) is 3. The van der Waals surface area contributed by atoms with Gasteiger partial charge in [0.05, 0.1) is 4.90 Å². The van der Waals surface area contributed by atoms with E-state index in [4.69, 9.17) is 0 Å². The first kappa shape index (κ1) is 20.8. The molecule has 2 bridgehead atoms. The first-order valence-electron chi connectivity index (χ1n) is 10.6. The molecule has 2 saturated carbocycles. The number of carbonyl (C=O) groups is 1. The van der Waals surface area contributed by atoms with Crippen molar-refractivity contribution >= 4 is 27.7 Å². The average molecular weight is 425 g/mol. The topological polar surface area (TPSA) is 75.3 Å². The van der Waals surface area contributed by atoms with Gasteiger partial charge in [-0.1, -0.05) is 36.8 Å². The van der Waals surface area contributed by atoms with E-state index in [1.807, 2.05) is 37.3 Å². The zero-order chi connectivity index (χ0) is 21.1. The Balaban J connectivity index is 1.35. The molecule has 2 aliphatic carbocycles. The number of benzene rings is 2. The molecule has 0 saturated heterocycles. The normalized spacial score (nSPS) is 24.2. The van der Waals surface area contributed by atoms with Crippen molar-refractivity contribution in [3.8, 4) is 0 Å². The van der Waals surface area contributed by atoms with Crippen LogP contribution in [0.1, 0.15) is 38.2 Å². The van der Waals surface area contributed by atoms with Crippen LogP contribution in [0.2, 0.25) is 0 Å². The highest BCUT2D eigenvalue weighted by Crippen LogP contribution is 2.49. The first-order chi connectivity index (χ1) is 14.4. The molecule has 2 aromatic carbocycles. The number of fused-ring (bicyclic) bond motifs is 2. The minimum Gasteiger partial charge on any atom is -0.323 e. The first-order valence-corrected chi connectivity index (χ1v) is 12.1. The zero-order valence-corrected chi connectivity index (χ0v) is 17.9. The number of hydrogen-bond donors (Lipinski definition) is 2. The van der Waals surface area contributed by atoms with Gasteiger partial charge in [-0.3, -0.25) is 4.79 Å². The van der Waals surface area contributed by atoms with Gasteiger partial charge in [0.1, 0.15) is 0 Å². The van der Waals surface area contributed by atoms with Crippen LogP contribution in [0, 0.1) is 17.8 Å². The lowest BCUT2D eigenvalue weighted by Crippen LogP contribution is -2.40. The quantitative estimate of drug-likeness (QED) is 0.645. The van der Waals surface area contributed by atoms with E-state index < -0.39 is 10.0 Å². The lowest BCUT2D eigenvalue weighted by Gasteiger charge is -2.28. The fourth-order valence-electron chi connectivity index (χ4n) is 4.94. The van der Waals surface area contributed by atoms with E-state index in [0.29, 0.717) is 17.5 Å². The molecule has 30 heavy (non-hydrogen) atoms. The van der Waals surface area contributed by atoms with Crippen molar-refractivity contribution in [1.29, 1.82) is 0 Å². The summed E-state index contributed by atoms with van der Waals surface area (Å²) >= 11 is 0. The van der Waals surface area contributed by atoms with Crippen LogP contribution < -0.4 is 10.0 Å². The predicted molar refractivity (Wildman–Crippen MR) is 119 cm³/mol. The van der Waals surface area contributed by atoms with Gasteiger partial charge in [0.25, 0.3) is 0 Å². The van der Waals surface area contributed by atoms with Gasteiger partial charge in [-0.15, -0.1) is 0 Å². The molecule has 2 fully saturated rings. The Hall–Kier alpha value is -2.44. The Morgan fingerprint density at radius 1 is 1.03 bits per heavy atom. The number of sulfonamides is 1. The van der Waals surface area contributed by atoms with Crippen molar-refractivity contribution in [2.75, 3.05) is 5.32 Å². The Kier molecular flexibility index (Phi) is 6.06. The van der Waals surface area contributed by atoms with Crippen molar-refractivity contribution in [2.45, 2.75) is 43.5 Å². The molecule has 2 aromatic rings. The average Bonchev–Trinajstić information content (AvgIpc) is 3.37. The highest BCUT2D eigenvalue weighted by Gasteiger charge is 2.42. The molecule has 4 rings (SSSR count). The van der Waals surface area contributed by atoms with Crippen LogP contribution in [-0.2, 0) is 14.8 Å². The second-order valence-electron chi connectivity index (χ2n) is 8.51. The molecule has 158 valence electrons. The van der Waals surface area contributed by atoms with Gasteiger partial charge in [-0.2, -0.15) is 0 Å². The predicted octanol–water partition coefficient (Wildman–Crippen LogP) is 4.44. The molecule has 2 aliphatic rings. The third kappa shape index (κ3) is 4.82. The molecule has 4 atom stereocenters. The lowest BCUT2D eigenvalue weighted by molar-refractivity contribution is -0.111. The van der Waals surface area contributed by atoms with Crippen LogP contribution in [-0.4, -0.2) is 20.4 Å². The maximum Gasteiger partial charge on any atom is 0.248 e. The minimum atomic E-state index is -3.58. The molecule has 5 nitrogen and oxygen atoms in total. The number of anilines is 1. The Morgan fingerprint density at radius 2 is 1.77 bits per heavy atom. The SMILES string of the molecule is C[C@H](NS(=O)(=O)c1ccc(NC(=O)/C=C/c2ccccc2)cc1)[C@H]1C[C@H]2CC[C@H]1C2. The van der Waals surface area contributed by atoms with E-state index in [1.54, 1.807) is 18.2 Å². The standard InChI is InChI=1S/C24H28N2O3S/c1-17(23-16-19-7-9-20(23)15-19)26-30(28,29)22-12-10-21(11-13-22)25-24(27)14-8-18-5-3-2-4-6-18/h2-6,8,10-14,17,19-20,23,26H,7,9,15-16H2,1H3,(H,25,27)/b14-8+/t17-,19-,20-,23+/m0/s1. The van der Waals surface area contributed by atoms with Crippen LogP contribution in [0.25, 0.3) is 6.08 Å². The number of rotatable bonds is 7. The van der Waals surface area contributed by atoms with E-state index in [-0.39, 0.29) is 16.8 Å². The maximum atomic E-state index is 12.8. The molecule has 2 N–H and O–H groups in total. The largest absolute Gasteiger partial charge is 0.323 e. The van der Waals surface area contributed by atoms with E-state index in [2.05, 4.69) is 10.0 Å². The fraction of sp³-hybridized carbons (Fsp3) is 0.375. The second kappa shape index (κ2) is 8.74. The summed E-state index contributed by atoms with van der Waals surface area (Å²) in [7, 11) is -3.58. The second-order valence-corrected chi connectivity index (χ2v) is 10.2. The summed E-state index contributed by atoms with van der Waals surface area (Å²) < 4.78 is 28.4. The number of nitrogens with one attached hydrogen (secondary N) is 2. The van der Waals surface area contributed by atoms with Gasteiger partial charge in [0, 0.05) is 17.8 Å². The third-order valence-electron chi connectivity index (χ3n) is 6.43. The smallest absolute Gasteiger partial charge is 0.248 e. The third-order valence-corrected chi connectivity index (χ3v) is 8.01. The minimum absolute atomic E-state index is 0.0622. The molecular formula is C24H28N2O3S. The molecule has 0 aromatic heterocycles. The van der Waals surface area contributed by atoms with E-state index in [0.717, 1.165) is 17.9 Å². The summed E-state index contributed by atoms with van der Waals surface area (Å²) in [5.41, 5.74) is 1.49. The fourth-order valence-corrected chi connectivity index (χ4v) is 6.24. The molecule has 1 amide bonds.